The van der Waals surface area contributed by atoms with Crippen LogP contribution in [0.1, 0.15) is 0 Å². The Bertz CT molecular complexity index is 1370. The lowest BCUT2D eigenvalue weighted by molar-refractivity contribution is 1.32. The van der Waals surface area contributed by atoms with E-state index in [4.69, 9.17) is 11.6 Å². The second-order valence-corrected chi connectivity index (χ2v) is 6.54. The van der Waals surface area contributed by atoms with Crippen LogP contribution < -0.4 is 5.56 Å². The first kappa shape index (κ1) is 15.0. The molecule has 3 heterocycles. The van der Waals surface area contributed by atoms with Gasteiger partial charge in [0.15, 0.2) is 0 Å². The molecule has 0 aliphatic carbocycles. The van der Waals surface area contributed by atoms with Gasteiger partial charge in [-0.3, -0.25) is 14.8 Å². The van der Waals surface area contributed by atoms with Crippen molar-refractivity contribution in [3.05, 3.63) is 82.4 Å². The zero-order valence-electron chi connectivity index (χ0n) is 13.5. The number of nitrogens with one attached hydrogen (secondary N) is 1. The van der Waals surface area contributed by atoms with Gasteiger partial charge < -0.3 is 4.98 Å². The normalized spacial score (nSPS) is 11.4. The molecule has 5 rings (SSSR count). The van der Waals surface area contributed by atoms with E-state index in [-0.39, 0.29) is 5.56 Å². The van der Waals surface area contributed by atoms with Crippen LogP contribution in [-0.2, 0) is 0 Å². The van der Waals surface area contributed by atoms with Crippen molar-refractivity contribution in [1.82, 2.24) is 15.0 Å². The highest BCUT2D eigenvalue weighted by molar-refractivity contribution is 6.31. The molecular weight excluding hydrogens is 346 g/mol. The Morgan fingerprint density at radius 1 is 0.885 bits per heavy atom. The molecule has 0 saturated carbocycles. The maximum absolute atomic E-state index is 12.6. The van der Waals surface area contributed by atoms with Gasteiger partial charge in [0.1, 0.15) is 0 Å². The summed E-state index contributed by atoms with van der Waals surface area (Å²) in [5, 5.41) is 2.99. The standard InChI is InChI=1S/C21H12ClN3O/c22-13-5-1-4-12(10-13)16-11-17-14(6-2-8-23-17)20-18(16)19-15(21(26)25-20)7-3-9-24-19/h1-11H,(H,25,26). The van der Waals surface area contributed by atoms with Crippen molar-refractivity contribution in [2.45, 2.75) is 0 Å². The van der Waals surface area contributed by atoms with Crippen LogP contribution >= 0.6 is 11.6 Å². The van der Waals surface area contributed by atoms with Crippen molar-refractivity contribution in [3.63, 3.8) is 0 Å². The number of pyridine rings is 3. The molecule has 0 aliphatic heterocycles. The quantitative estimate of drug-likeness (QED) is 0.432. The molecule has 0 atom stereocenters. The van der Waals surface area contributed by atoms with Gasteiger partial charge in [-0.05, 0) is 53.6 Å². The molecule has 1 N–H and O–H groups in total. The fraction of sp³-hybridized carbons (Fsp3) is 0. The van der Waals surface area contributed by atoms with E-state index in [2.05, 4.69) is 15.0 Å². The highest BCUT2D eigenvalue weighted by atomic mass is 35.5. The number of halogens is 1. The molecule has 0 unspecified atom stereocenters. The Labute approximate surface area is 153 Å². The molecule has 26 heavy (non-hydrogen) atoms. The van der Waals surface area contributed by atoms with Gasteiger partial charge in [-0.1, -0.05) is 23.7 Å². The van der Waals surface area contributed by atoms with Crippen LogP contribution in [0.25, 0.3) is 43.8 Å². The number of aromatic amines is 1. The van der Waals surface area contributed by atoms with Crippen LogP contribution in [0.5, 0.6) is 0 Å². The number of nitrogens with zero attached hydrogens (tertiary/aromatic N) is 2. The van der Waals surface area contributed by atoms with Crippen molar-refractivity contribution < 1.29 is 0 Å². The van der Waals surface area contributed by atoms with E-state index in [9.17, 15) is 4.79 Å². The van der Waals surface area contributed by atoms with E-state index in [0.29, 0.717) is 15.9 Å². The van der Waals surface area contributed by atoms with Gasteiger partial charge in [0, 0.05) is 28.2 Å². The monoisotopic (exact) mass is 357 g/mol. The predicted molar refractivity (Wildman–Crippen MR) is 106 cm³/mol. The molecule has 0 aliphatic rings. The first-order chi connectivity index (χ1) is 12.7. The average molecular weight is 358 g/mol. The van der Waals surface area contributed by atoms with Crippen molar-refractivity contribution in [2.24, 2.45) is 0 Å². The molecule has 4 nitrogen and oxygen atoms in total. The molecule has 124 valence electrons. The summed E-state index contributed by atoms with van der Waals surface area (Å²) in [6.45, 7) is 0. The maximum Gasteiger partial charge on any atom is 0.257 e. The fourth-order valence-electron chi connectivity index (χ4n) is 3.45. The Morgan fingerprint density at radius 2 is 1.69 bits per heavy atom. The number of benzene rings is 2. The molecule has 3 aromatic heterocycles. The first-order valence-corrected chi connectivity index (χ1v) is 8.54. The molecule has 0 radical (unpaired) electrons. The van der Waals surface area contributed by atoms with E-state index < -0.39 is 0 Å². The highest BCUT2D eigenvalue weighted by Crippen LogP contribution is 2.36. The smallest absolute Gasteiger partial charge is 0.257 e. The van der Waals surface area contributed by atoms with Gasteiger partial charge >= 0.3 is 0 Å². The van der Waals surface area contributed by atoms with Crippen molar-refractivity contribution >= 4 is 44.3 Å². The number of fused-ring (bicyclic) bond motifs is 5. The van der Waals surface area contributed by atoms with Crippen LogP contribution in [0.2, 0.25) is 5.02 Å². The van der Waals surface area contributed by atoms with E-state index in [1.54, 1.807) is 24.5 Å². The fourth-order valence-corrected chi connectivity index (χ4v) is 3.64. The van der Waals surface area contributed by atoms with Crippen LogP contribution in [-0.4, -0.2) is 15.0 Å². The lowest BCUT2D eigenvalue weighted by Crippen LogP contribution is -2.08. The lowest BCUT2D eigenvalue weighted by Gasteiger charge is -2.12. The third-order valence-electron chi connectivity index (χ3n) is 4.57. The van der Waals surface area contributed by atoms with Gasteiger partial charge in [-0.15, -0.1) is 0 Å². The van der Waals surface area contributed by atoms with Gasteiger partial charge in [0.25, 0.3) is 5.56 Å². The third kappa shape index (κ3) is 2.20. The summed E-state index contributed by atoms with van der Waals surface area (Å²) in [6, 6.07) is 17.0. The third-order valence-corrected chi connectivity index (χ3v) is 4.81. The van der Waals surface area contributed by atoms with Crippen LogP contribution in [0.4, 0.5) is 0 Å². The second kappa shape index (κ2) is 5.64. The average Bonchev–Trinajstić information content (AvgIpc) is 2.67. The summed E-state index contributed by atoms with van der Waals surface area (Å²) in [6.07, 6.45) is 3.45. The zero-order valence-corrected chi connectivity index (χ0v) is 14.3. The van der Waals surface area contributed by atoms with Gasteiger partial charge in [-0.25, -0.2) is 0 Å². The van der Waals surface area contributed by atoms with E-state index in [1.807, 2.05) is 42.5 Å². The Hall–Kier alpha value is -3.24. The molecule has 0 saturated heterocycles. The van der Waals surface area contributed by atoms with Crippen LogP contribution in [0, 0.1) is 0 Å². The van der Waals surface area contributed by atoms with Gasteiger partial charge in [0.05, 0.1) is 21.9 Å². The van der Waals surface area contributed by atoms with Crippen molar-refractivity contribution in [2.75, 3.05) is 0 Å². The van der Waals surface area contributed by atoms with Crippen molar-refractivity contribution in [3.8, 4) is 11.1 Å². The molecule has 2 aromatic carbocycles. The zero-order chi connectivity index (χ0) is 17.7. The minimum atomic E-state index is -0.158. The lowest BCUT2D eigenvalue weighted by atomic mass is 9.96. The van der Waals surface area contributed by atoms with Crippen LogP contribution in [0.15, 0.2) is 71.8 Å². The minimum absolute atomic E-state index is 0.158. The number of aromatic nitrogens is 3. The first-order valence-electron chi connectivity index (χ1n) is 8.17. The summed E-state index contributed by atoms with van der Waals surface area (Å²) in [5.41, 5.74) is 3.95. The second-order valence-electron chi connectivity index (χ2n) is 6.11. The Balaban J connectivity index is 2.09. The number of hydrogen-bond acceptors (Lipinski definition) is 3. The Kier molecular flexibility index (Phi) is 3.27. The predicted octanol–water partition coefficient (Wildman–Crippen LogP) is 4.94. The van der Waals surface area contributed by atoms with Crippen LogP contribution in [0.3, 0.4) is 0 Å². The highest BCUT2D eigenvalue weighted by Gasteiger charge is 2.15. The molecule has 0 fully saturated rings. The topological polar surface area (TPSA) is 58.6 Å². The van der Waals surface area contributed by atoms with Gasteiger partial charge in [0.2, 0.25) is 0 Å². The van der Waals surface area contributed by atoms with E-state index in [1.165, 1.54) is 0 Å². The Morgan fingerprint density at radius 3 is 2.54 bits per heavy atom. The SMILES string of the molecule is O=c1[nH]c2c3cccnc3cc(-c3cccc(Cl)c3)c2c2ncccc12. The van der Waals surface area contributed by atoms with Crippen molar-refractivity contribution in [1.29, 1.82) is 0 Å². The van der Waals surface area contributed by atoms with E-state index >= 15 is 0 Å². The number of H-pyrrole nitrogens is 1. The molecule has 5 aromatic rings. The maximum atomic E-state index is 12.6. The minimum Gasteiger partial charge on any atom is -0.321 e. The summed E-state index contributed by atoms with van der Waals surface area (Å²) in [4.78, 5) is 24.6. The number of rotatable bonds is 1. The molecular formula is C21H12ClN3O. The summed E-state index contributed by atoms with van der Waals surface area (Å²) in [7, 11) is 0. The summed E-state index contributed by atoms with van der Waals surface area (Å²) >= 11 is 6.22. The molecule has 0 bridgehead atoms. The largest absolute Gasteiger partial charge is 0.321 e. The van der Waals surface area contributed by atoms with Gasteiger partial charge in [-0.2, -0.15) is 0 Å². The number of hydrogen-bond donors (Lipinski definition) is 1. The molecule has 5 heteroatoms. The molecule has 0 amide bonds. The molecule has 0 spiro atoms. The summed E-state index contributed by atoms with van der Waals surface area (Å²) < 4.78 is 0. The van der Waals surface area contributed by atoms with E-state index in [0.717, 1.165) is 32.9 Å². The summed E-state index contributed by atoms with van der Waals surface area (Å²) in [5.74, 6) is 0.